The lowest BCUT2D eigenvalue weighted by molar-refractivity contribution is -0.157. The smallest absolute Gasteiger partial charge is 0.334 e. The molecule has 0 bridgehead atoms. The van der Waals surface area contributed by atoms with Crippen LogP contribution in [0, 0.1) is 0 Å². The Hall–Kier alpha value is -0.830. The summed E-state index contributed by atoms with van der Waals surface area (Å²) in [5.74, 6) is -0.272. The maximum Gasteiger partial charge on any atom is 0.334 e. The Kier molecular flexibility index (Phi) is 4.66. The van der Waals surface area contributed by atoms with Crippen LogP contribution in [0.5, 0.6) is 0 Å². The predicted octanol–water partition coefficient (Wildman–Crippen LogP) is 2.06. The lowest BCUT2D eigenvalue weighted by Gasteiger charge is -2.20. The molecule has 0 saturated carbocycles. The van der Waals surface area contributed by atoms with Crippen molar-refractivity contribution in [3.05, 3.63) is 12.2 Å². The van der Waals surface area contributed by atoms with Crippen molar-refractivity contribution >= 4 is 5.97 Å². The molecule has 1 aliphatic carbocycles. The van der Waals surface area contributed by atoms with Crippen LogP contribution in [0.1, 0.15) is 33.1 Å². The Bertz CT molecular complexity index is 211. The predicted molar refractivity (Wildman–Crippen MR) is 54.0 cm³/mol. The highest BCUT2D eigenvalue weighted by Gasteiger charge is 2.19. The van der Waals surface area contributed by atoms with E-state index in [-0.39, 0.29) is 12.1 Å². The maximum atomic E-state index is 11.2. The molecular weight excluding hydrogens is 180 g/mol. The van der Waals surface area contributed by atoms with Crippen molar-refractivity contribution in [2.75, 3.05) is 6.61 Å². The molecule has 0 N–H and O–H groups in total. The van der Waals surface area contributed by atoms with Crippen molar-refractivity contribution in [1.82, 2.24) is 0 Å². The molecule has 3 nitrogen and oxygen atoms in total. The van der Waals surface area contributed by atoms with Gasteiger partial charge in [0.1, 0.15) is 0 Å². The molecule has 14 heavy (non-hydrogen) atoms. The van der Waals surface area contributed by atoms with Gasteiger partial charge in [-0.1, -0.05) is 12.2 Å². The fraction of sp³-hybridized carbons (Fsp3) is 0.727. The van der Waals surface area contributed by atoms with Crippen molar-refractivity contribution in [2.45, 2.75) is 45.3 Å². The Morgan fingerprint density at radius 3 is 3.00 bits per heavy atom. The second-order valence-corrected chi connectivity index (χ2v) is 3.43. The second-order valence-electron chi connectivity index (χ2n) is 3.43. The minimum atomic E-state index is -0.456. The molecule has 0 spiro atoms. The van der Waals surface area contributed by atoms with Crippen molar-refractivity contribution in [1.29, 1.82) is 0 Å². The standard InChI is InChI=1S/C11H18O3/c1-3-13-11(12)9(2)14-10-7-5-4-6-8-10/h5,7,9-10H,3-4,6,8H2,1-2H3/t9-,10?/m0/s1. The number of ether oxygens (including phenoxy) is 2. The first-order chi connectivity index (χ1) is 6.74. The van der Waals surface area contributed by atoms with E-state index < -0.39 is 6.10 Å². The molecular formula is C11H18O3. The van der Waals surface area contributed by atoms with E-state index in [2.05, 4.69) is 6.08 Å². The SMILES string of the molecule is CCOC(=O)[C@H](C)OC1C=CCCC1. The largest absolute Gasteiger partial charge is 0.464 e. The lowest BCUT2D eigenvalue weighted by atomic mass is 10.1. The topological polar surface area (TPSA) is 35.5 Å². The van der Waals surface area contributed by atoms with Crippen molar-refractivity contribution < 1.29 is 14.3 Å². The van der Waals surface area contributed by atoms with E-state index in [4.69, 9.17) is 9.47 Å². The summed E-state index contributed by atoms with van der Waals surface area (Å²) in [5.41, 5.74) is 0. The van der Waals surface area contributed by atoms with Gasteiger partial charge in [-0.15, -0.1) is 0 Å². The van der Waals surface area contributed by atoms with Gasteiger partial charge in [0.15, 0.2) is 6.10 Å². The van der Waals surface area contributed by atoms with Crippen LogP contribution < -0.4 is 0 Å². The minimum absolute atomic E-state index is 0.0863. The molecule has 1 rings (SSSR count). The fourth-order valence-corrected chi connectivity index (χ4v) is 1.47. The zero-order chi connectivity index (χ0) is 10.4. The molecule has 0 aromatic rings. The summed E-state index contributed by atoms with van der Waals surface area (Å²) >= 11 is 0. The van der Waals surface area contributed by atoms with Crippen LogP contribution in [-0.4, -0.2) is 24.8 Å². The molecule has 0 aliphatic heterocycles. The van der Waals surface area contributed by atoms with Crippen molar-refractivity contribution in [3.8, 4) is 0 Å². The van der Waals surface area contributed by atoms with E-state index >= 15 is 0 Å². The van der Waals surface area contributed by atoms with Gasteiger partial charge >= 0.3 is 5.97 Å². The zero-order valence-corrected chi connectivity index (χ0v) is 8.86. The fourth-order valence-electron chi connectivity index (χ4n) is 1.47. The highest BCUT2D eigenvalue weighted by Crippen LogP contribution is 2.15. The molecule has 1 unspecified atom stereocenters. The Morgan fingerprint density at radius 1 is 1.64 bits per heavy atom. The first kappa shape index (κ1) is 11.2. The van der Waals surface area contributed by atoms with Crippen molar-refractivity contribution in [2.24, 2.45) is 0 Å². The van der Waals surface area contributed by atoms with Gasteiger partial charge in [0.2, 0.25) is 0 Å². The average Bonchev–Trinajstić information content (AvgIpc) is 2.19. The zero-order valence-electron chi connectivity index (χ0n) is 8.86. The second kappa shape index (κ2) is 5.81. The summed E-state index contributed by atoms with van der Waals surface area (Å²) in [5, 5.41) is 0. The Labute approximate surface area is 85.1 Å². The number of rotatable bonds is 4. The Morgan fingerprint density at radius 2 is 2.43 bits per heavy atom. The third kappa shape index (κ3) is 3.50. The summed E-state index contributed by atoms with van der Waals surface area (Å²) in [4.78, 5) is 11.2. The molecule has 2 atom stereocenters. The first-order valence-corrected chi connectivity index (χ1v) is 5.22. The molecule has 0 amide bonds. The third-order valence-electron chi connectivity index (χ3n) is 2.21. The van der Waals surface area contributed by atoms with E-state index in [1.165, 1.54) is 0 Å². The lowest BCUT2D eigenvalue weighted by Crippen LogP contribution is -2.28. The maximum absolute atomic E-state index is 11.2. The number of hydrogen-bond donors (Lipinski definition) is 0. The Balaban J connectivity index is 2.31. The van der Waals surface area contributed by atoms with Gasteiger partial charge in [-0.3, -0.25) is 0 Å². The van der Waals surface area contributed by atoms with Crippen LogP contribution in [0.2, 0.25) is 0 Å². The molecule has 80 valence electrons. The average molecular weight is 198 g/mol. The van der Waals surface area contributed by atoms with Crippen molar-refractivity contribution in [3.63, 3.8) is 0 Å². The van der Waals surface area contributed by atoms with E-state index in [1.807, 2.05) is 6.08 Å². The molecule has 1 aliphatic rings. The van der Waals surface area contributed by atoms with Crippen LogP contribution >= 0.6 is 0 Å². The molecule has 3 heteroatoms. The summed E-state index contributed by atoms with van der Waals surface area (Å²) in [6.45, 7) is 3.94. The van der Waals surface area contributed by atoms with Gasteiger partial charge in [-0.25, -0.2) is 4.79 Å². The number of hydrogen-bond acceptors (Lipinski definition) is 3. The van der Waals surface area contributed by atoms with Gasteiger partial charge in [-0.2, -0.15) is 0 Å². The van der Waals surface area contributed by atoms with E-state index in [9.17, 15) is 4.79 Å². The normalized spacial score (nSPS) is 23.1. The summed E-state index contributed by atoms with van der Waals surface area (Å²) in [7, 11) is 0. The monoisotopic (exact) mass is 198 g/mol. The molecule has 0 fully saturated rings. The van der Waals surface area contributed by atoms with E-state index in [0.717, 1.165) is 19.3 Å². The van der Waals surface area contributed by atoms with E-state index in [1.54, 1.807) is 13.8 Å². The highest BCUT2D eigenvalue weighted by atomic mass is 16.6. The number of carbonyl (C=O) groups is 1. The molecule has 0 aromatic carbocycles. The van der Waals surface area contributed by atoms with Crippen LogP contribution in [0.25, 0.3) is 0 Å². The molecule has 0 saturated heterocycles. The summed E-state index contributed by atoms with van der Waals surface area (Å²) in [6.07, 6.45) is 7.02. The van der Waals surface area contributed by atoms with Crippen LogP contribution in [-0.2, 0) is 14.3 Å². The number of esters is 1. The summed E-state index contributed by atoms with van der Waals surface area (Å²) < 4.78 is 10.4. The van der Waals surface area contributed by atoms with Gasteiger partial charge in [0.25, 0.3) is 0 Å². The van der Waals surface area contributed by atoms with Crippen LogP contribution in [0.4, 0.5) is 0 Å². The van der Waals surface area contributed by atoms with Gasteiger partial charge in [0.05, 0.1) is 12.7 Å². The molecule has 0 radical (unpaired) electrons. The van der Waals surface area contributed by atoms with Crippen LogP contribution in [0.3, 0.4) is 0 Å². The number of carbonyl (C=O) groups excluding carboxylic acids is 1. The van der Waals surface area contributed by atoms with Crippen LogP contribution in [0.15, 0.2) is 12.2 Å². The van der Waals surface area contributed by atoms with Gasteiger partial charge < -0.3 is 9.47 Å². The van der Waals surface area contributed by atoms with E-state index in [0.29, 0.717) is 6.61 Å². The molecule has 0 aromatic heterocycles. The summed E-state index contributed by atoms with van der Waals surface area (Å²) in [6, 6.07) is 0. The third-order valence-corrected chi connectivity index (χ3v) is 2.21. The van der Waals surface area contributed by atoms with Gasteiger partial charge in [-0.05, 0) is 33.1 Å². The highest BCUT2D eigenvalue weighted by molar-refractivity contribution is 5.74. The minimum Gasteiger partial charge on any atom is -0.464 e. The first-order valence-electron chi connectivity index (χ1n) is 5.22. The molecule has 0 heterocycles. The quantitative estimate of drug-likeness (QED) is 0.512. The van der Waals surface area contributed by atoms with Gasteiger partial charge in [0, 0.05) is 0 Å². The number of allylic oxidation sites excluding steroid dienone is 1.